The zero-order valence-electron chi connectivity index (χ0n) is 25.4. The third-order valence-electron chi connectivity index (χ3n) is 9.49. The Morgan fingerprint density at radius 2 is 1.91 bits per heavy atom. The second-order valence-electron chi connectivity index (χ2n) is 12.2. The van der Waals surface area contributed by atoms with Crippen LogP contribution in [0.2, 0.25) is 0 Å². The molecule has 1 atom stereocenters. The van der Waals surface area contributed by atoms with E-state index in [4.69, 9.17) is 4.98 Å². The van der Waals surface area contributed by atoms with Gasteiger partial charge in [-0.1, -0.05) is 41.6 Å². The second-order valence-corrected chi connectivity index (χ2v) is 12.2. The van der Waals surface area contributed by atoms with Gasteiger partial charge in [-0.2, -0.15) is 0 Å². The number of amides is 1. The standard InChI is InChI=1S/C35H36N6O3/c1-21-29-19-36-34-32(21)37-38-41(34)14-7-5-4-6-8-23-9-12-30-27(16-23)22(2)33(39(30)3)35(44)40-15-13-24-10-11-25(17-26(24)20-40)28(29)18-31(42)43/h4,6,9-12,16-17,19,28H,5,7-8,13-15,18,20H2,1-3H3,(H,42,43)/b6-4-/t28-/m0/s1. The molecule has 1 amide bonds. The van der Waals surface area contributed by atoms with Crippen molar-refractivity contribution in [2.75, 3.05) is 6.54 Å². The molecule has 10 bridgehead atoms. The minimum atomic E-state index is -0.882. The van der Waals surface area contributed by atoms with Gasteiger partial charge in [-0.05, 0) is 90.6 Å². The lowest BCUT2D eigenvalue weighted by atomic mass is 9.84. The largest absolute Gasteiger partial charge is 0.481 e. The Balaban J connectivity index is 1.34. The molecule has 0 spiro atoms. The number of hydrogen-bond donors (Lipinski definition) is 1. The zero-order chi connectivity index (χ0) is 30.5. The van der Waals surface area contributed by atoms with Crippen LogP contribution < -0.4 is 0 Å². The van der Waals surface area contributed by atoms with Gasteiger partial charge >= 0.3 is 5.97 Å². The number of aliphatic carboxylic acids is 1. The molecule has 1 N–H and O–H groups in total. The molecule has 2 aromatic carbocycles. The first-order valence-corrected chi connectivity index (χ1v) is 15.3. The maximum absolute atomic E-state index is 14.1. The monoisotopic (exact) mass is 588 g/mol. The summed E-state index contributed by atoms with van der Waals surface area (Å²) >= 11 is 0. The highest BCUT2D eigenvalue weighted by Gasteiger charge is 2.29. The van der Waals surface area contributed by atoms with Crippen molar-refractivity contribution in [1.82, 2.24) is 29.4 Å². The number of carbonyl (C=O) groups is 2. The molecule has 8 rings (SSSR count). The summed E-state index contributed by atoms with van der Waals surface area (Å²) in [6.45, 7) is 5.83. The van der Waals surface area contributed by atoms with Crippen molar-refractivity contribution in [3.63, 3.8) is 0 Å². The Morgan fingerprint density at radius 1 is 1.05 bits per heavy atom. The number of benzene rings is 2. The van der Waals surface area contributed by atoms with Gasteiger partial charge in [0.2, 0.25) is 0 Å². The van der Waals surface area contributed by atoms with Crippen LogP contribution in [-0.4, -0.2) is 53.0 Å². The third-order valence-corrected chi connectivity index (χ3v) is 9.49. The smallest absolute Gasteiger partial charge is 0.304 e. The molecule has 0 saturated carbocycles. The molecule has 0 saturated heterocycles. The minimum absolute atomic E-state index is 0.0211. The van der Waals surface area contributed by atoms with Crippen molar-refractivity contribution < 1.29 is 14.7 Å². The fraction of sp³-hybridized carbons (Fsp3) is 0.343. The van der Waals surface area contributed by atoms with Crippen LogP contribution in [0.15, 0.2) is 54.7 Å². The molecule has 0 unspecified atom stereocenters. The van der Waals surface area contributed by atoms with Gasteiger partial charge in [0.05, 0.1) is 6.42 Å². The number of fused-ring (bicyclic) bond motifs is 5. The first-order valence-electron chi connectivity index (χ1n) is 15.3. The zero-order valence-corrected chi connectivity index (χ0v) is 25.4. The van der Waals surface area contributed by atoms with Gasteiger partial charge in [0.25, 0.3) is 5.91 Å². The van der Waals surface area contributed by atoms with Crippen LogP contribution in [-0.2, 0) is 37.8 Å². The Kier molecular flexibility index (Phi) is 7.03. The molecule has 3 aliphatic heterocycles. The van der Waals surface area contributed by atoms with E-state index in [-0.39, 0.29) is 12.3 Å². The number of nitrogens with zero attached hydrogens (tertiary/aromatic N) is 6. The number of aromatic nitrogens is 5. The number of hydrogen-bond acceptors (Lipinski definition) is 5. The van der Waals surface area contributed by atoms with E-state index in [0.717, 1.165) is 70.1 Å². The summed E-state index contributed by atoms with van der Waals surface area (Å²) in [6, 6.07) is 12.7. The predicted molar refractivity (Wildman–Crippen MR) is 169 cm³/mol. The van der Waals surface area contributed by atoms with Gasteiger partial charge in [-0.25, -0.2) is 9.67 Å². The number of rotatable bonds is 2. The molecule has 0 radical (unpaired) electrons. The van der Waals surface area contributed by atoms with E-state index in [1.165, 1.54) is 11.1 Å². The highest BCUT2D eigenvalue weighted by atomic mass is 16.4. The summed E-state index contributed by atoms with van der Waals surface area (Å²) in [5.74, 6) is -1.27. The summed E-state index contributed by atoms with van der Waals surface area (Å²) in [7, 11) is 1.98. The van der Waals surface area contributed by atoms with Crippen molar-refractivity contribution in [3.05, 3.63) is 99.4 Å². The van der Waals surface area contributed by atoms with Gasteiger partial charge in [-0.15, -0.1) is 5.10 Å². The number of carbonyl (C=O) groups excluding carboxylic acids is 1. The maximum Gasteiger partial charge on any atom is 0.304 e. The molecule has 3 aromatic heterocycles. The minimum Gasteiger partial charge on any atom is -0.481 e. The van der Waals surface area contributed by atoms with Crippen molar-refractivity contribution >= 4 is 33.9 Å². The summed E-state index contributed by atoms with van der Waals surface area (Å²) in [4.78, 5) is 32.9. The van der Waals surface area contributed by atoms with Crippen molar-refractivity contribution in [3.8, 4) is 0 Å². The number of pyridine rings is 1. The van der Waals surface area contributed by atoms with Crippen LogP contribution in [0.3, 0.4) is 0 Å². The number of aryl methyl sites for hydroxylation is 4. The third kappa shape index (κ3) is 4.76. The summed E-state index contributed by atoms with van der Waals surface area (Å²) in [5, 5.41) is 19.9. The topological polar surface area (TPSA) is 106 Å². The molecule has 0 fully saturated rings. The van der Waals surface area contributed by atoms with Crippen LogP contribution in [0, 0.1) is 13.8 Å². The number of carboxylic acids is 1. The highest BCUT2D eigenvalue weighted by Crippen LogP contribution is 2.35. The Hall–Kier alpha value is -4.79. The Labute approximate surface area is 255 Å². The van der Waals surface area contributed by atoms with E-state index >= 15 is 0 Å². The Bertz CT molecular complexity index is 1980. The molecular weight excluding hydrogens is 552 g/mol. The maximum atomic E-state index is 14.1. The molecule has 9 nitrogen and oxygen atoms in total. The van der Waals surface area contributed by atoms with E-state index in [0.29, 0.717) is 30.8 Å². The average Bonchev–Trinajstić information content (AvgIpc) is 3.54. The molecule has 9 heteroatoms. The van der Waals surface area contributed by atoms with Crippen molar-refractivity contribution in [2.24, 2.45) is 7.05 Å². The lowest BCUT2D eigenvalue weighted by molar-refractivity contribution is -0.137. The SMILES string of the molecule is Cc1c2n(C)c3ccc(cc13)C/C=C\CCCn1nnc3c(C)c(cnc31)[C@@H](CC(=O)O)c1ccc3c(c1)CN(CC3)C2=O. The van der Waals surface area contributed by atoms with E-state index in [1.54, 1.807) is 6.20 Å². The molecule has 5 aromatic rings. The van der Waals surface area contributed by atoms with E-state index in [2.05, 4.69) is 52.8 Å². The van der Waals surface area contributed by atoms with E-state index in [9.17, 15) is 14.7 Å². The van der Waals surface area contributed by atoms with E-state index < -0.39 is 11.9 Å². The number of carboxylic acid groups (broad SMARTS) is 1. The summed E-state index contributed by atoms with van der Waals surface area (Å²) in [5.41, 5.74) is 10.3. The lowest BCUT2D eigenvalue weighted by Gasteiger charge is -2.30. The quantitative estimate of drug-likeness (QED) is 0.268. The Morgan fingerprint density at radius 3 is 2.75 bits per heavy atom. The molecular formula is C35H36N6O3. The molecule has 3 aliphatic rings. The van der Waals surface area contributed by atoms with Gasteiger partial charge in [-0.3, -0.25) is 9.59 Å². The summed E-state index contributed by atoms with van der Waals surface area (Å²) < 4.78 is 3.87. The van der Waals surface area contributed by atoms with Crippen molar-refractivity contribution in [1.29, 1.82) is 0 Å². The van der Waals surface area contributed by atoms with Crippen LogP contribution in [0.1, 0.15) is 74.6 Å². The lowest BCUT2D eigenvalue weighted by Crippen LogP contribution is -2.37. The first-order chi connectivity index (χ1) is 21.3. The van der Waals surface area contributed by atoms with Crippen LogP contribution in [0.5, 0.6) is 0 Å². The molecule has 224 valence electrons. The van der Waals surface area contributed by atoms with Gasteiger partial charge in [0.1, 0.15) is 11.2 Å². The molecule has 6 heterocycles. The highest BCUT2D eigenvalue weighted by molar-refractivity contribution is 6.01. The fourth-order valence-corrected chi connectivity index (χ4v) is 7.05. The van der Waals surface area contributed by atoms with Crippen LogP contribution in [0.4, 0.5) is 0 Å². The first kappa shape index (κ1) is 28.0. The predicted octanol–water partition coefficient (Wildman–Crippen LogP) is 5.63. The van der Waals surface area contributed by atoms with Gasteiger partial charge in [0.15, 0.2) is 5.65 Å². The van der Waals surface area contributed by atoms with Crippen LogP contribution in [0.25, 0.3) is 22.1 Å². The second kappa shape index (κ2) is 11.0. The normalized spacial score (nSPS) is 17.9. The van der Waals surface area contributed by atoms with Gasteiger partial charge < -0.3 is 14.6 Å². The number of allylic oxidation sites excluding steroid dienone is 2. The molecule has 44 heavy (non-hydrogen) atoms. The van der Waals surface area contributed by atoms with E-state index in [1.807, 2.05) is 41.1 Å². The van der Waals surface area contributed by atoms with Crippen molar-refractivity contribution in [2.45, 2.75) is 65.0 Å². The van der Waals surface area contributed by atoms with Gasteiger partial charge in [0, 0.05) is 49.7 Å². The summed E-state index contributed by atoms with van der Waals surface area (Å²) in [6.07, 6.45) is 9.50. The van der Waals surface area contributed by atoms with Crippen LogP contribution >= 0.6 is 0 Å². The molecule has 0 aliphatic carbocycles. The fourth-order valence-electron chi connectivity index (χ4n) is 7.05. The average molecular weight is 589 g/mol.